The Morgan fingerprint density at radius 2 is 1.93 bits per heavy atom. The highest BCUT2D eigenvalue weighted by atomic mass is 16.3. The fourth-order valence-corrected chi connectivity index (χ4v) is 3.04. The minimum absolute atomic E-state index is 0.127. The molecule has 2 amide bonds. The number of aliphatic hydroxyl groups excluding tert-OH is 1. The molecule has 0 fully saturated rings. The Hall–Kier alpha value is -3.71. The smallest absolute Gasteiger partial charge is 0.315 e. The first kappa shape index (κ1) is 18.6. The van der Waals surface area contributed by atoms with Crippen LogP contribution >= 0.6 is 0 Å². The van der Waals surface area contributed by atoms with Gasteiger partial charge in [0, 0.05) is 31.7 Å². The number of hydrogen-bond acceptors (Lipinski definition) is 4. The van der Waals surface area contributed by atoms with E-state index >= 15 is 0 Å². The highest BCUT2D eigenvalue weighted by molar-refractivity contribution is 5.83. The number of rotatable bonds is 6. The molecule has 3 N–H and O–H groups in total. The molecule has 0 saturated carbocycles. The van der Waals surface area contributed by atoms with Crippen molar-refractivity contribution in [3.05, 3.63) is 90.6 Å². The van der Waals surface area contributed by atoms with Crippen LogP contribution in [0.25, 0.3) is 16.6 Å². The van der Waals surface area contributed by atoms with E-state index in [9.17, 15) is 9.90 Å². The molecular formula is C22H21N5O2. The van der Waals surface area contributed by atoms with Crippen molar-refractivity contribution < 1.29 is 9.90 Å². The van der Waals surface area contributed by atoms with E-state index in [1.54, 1.807) is 23.3 Å². The summed E-state index contributed by atoms with van der Waals surface area (Å²) < 4.78 is 1.80. The molecule has 4 aromatic rings. The van der Waals surface area contributed by atoms with E-state index in [0.29, 0.717) is 6.54 Å². The molecule has 0 saturated heterocycles. The number of carbonyl (C=O) groups excluding carboxylic acids is 1. The van der Waals surface area contributed by atoms with E-state index in [4.69, 9.17) is 0 Å². The number of carbonyl (C=O) groups is 1. The maximum Gasteiger partial charge on any atom is 0.315 e. The van der Waals surface area contributed by atoms with Crippen LogP contribution in [0.2, 0.25) is 0 Å². The highest BCUT2D eigenvalue weighted by Crippen LogP contribution is 2.20. The second-order valence-electron chi connectivity index (χ2n) is 6.68. The third-order valence-corrected chi connectivity index (χ3v) is 4.65. The molecule has 1 atom stereocenters. The number of amides is 2. The molecule has 0 aliphatic heterocycles. The summed E-state index contributed by atoms with van der Waals surface area (Å²) in [4.78, 5) is 20.4. The van der Waals surface area contributed by atoms with E-state index < -0.39 is 6.10 Å². The number of urea groups is 1. The molecule has 4 rings (SSSR count). The number of nitrogens with one attached hydrogen (secondary N) is 2. The highest BCUT2D eigenvalue weighted by Gasteiger charge is 2.10. The van der Waals surface area contributed by atoms with Crippen LogP contribution in [0.4, 0.5) is 4.79 Å². The molecule has 0 radical (unpaired) electrons. The lowest BCUT2D eigenvalue weighted by Crippen LogP contribution is -2.37. The summed E-state index contributed by atoms with van der Waals surface area (Å²) in [5.74, 6) is 0.759. The van der Waals surface area contributed by atoms with E-state index in [1.165, 1.54) is 0 Å². The number of hydrogen-bond donors (Lipinski definition) is 3. The lowest BCUT2D eigenvalue weighted by Gasteiger charge is -2.14. The summed E-state index contributed by atoms with van der Waals surface area (Å²) in [6.07, 6.45) is 6.11. The zero-order chi connectivity index (χ0) is 20.1. The van der Waals surface area contributed by atoms with E-state index in [2.05, 4.69) is 20.6 Å². The van der Waals surface area contributed by atoms with Crippen LogP contribution in [-0.4, -0.2) is 32.2 Å². The van der Waals surface area contributed by atoms with Crippen LogP contribution in [0.1, 0.15) is 17.2 Å². The van der Waals surface area contributed by atoms with Crippen LogP contribution in [0.15, 0.2) is 79.5 Å². The van der Waals surface area contributed by atoms with Crippen LogP contribution < -0.4 is 10.6 Å². The number of imidazole rings is 1. The van der Waals surface area contributed by atoms with Crippen molar-refractivity contribution >= 4 is 16.8 Å². The number of pyridine rings is 1. The van der Waals surface area contributed by atoms with Crippen molar-refractivity contribution in [1.82, 2.24) is 25.2 Å². The van der Waals surface area contributed by atoms with Gasteiger partial charge in [0.2, 0.25) is 0 Å². The maximum atomic E-state index is 12.1. The normalized spacial score (nSPS) is 11.9. The SMILES string of the molecule is O=C(NCc1ccc(-n2ccnc2)nc1)NCC(O)c1ccc2ccccc2c1. The minimum Gasteiger partial charge on any atom is -0.387 e. The van der Waals surface area contributed by atoms with Crippen molar-refractivity contribution in [1.29, 1.82) is 0 Å². The van der Waals surface area contributed by atoms with Gasteiger partial charge in [-0.05, 0) is 34.0 Å². The van der Waals surface area contributed by atoms with Gasteiger partial charge >= 0.3 is 6.03 Å². The van der Waals surface area contributed by atoms with Crippen LogP contribution in [0, 0.1) is 0 Å². The van der Waals surface area contributed by atoms with Gasteiger partial charge in [-0.1, -0.05) is 42.5 Å². The fraction of sp³-hybridized carbons (Fsp3) is 0.136. The first-order chi connectivity index (χ1) is 14.2. The van der Waals surface area contributed by atoms with E-state index in [0.717, 1.165) is 27.7 Å². The molecule has 7 heteroatoms. The number of benzene rings is 2. The van der Waals surface area contributed by atoms with Crippen molar-refractivity contribution in [2.45, 2.75) is 12.6 Å². The summed E-state index contributed by atoms with van der Waals surface area (Å²) in [5, 5.41) is 18.0. The lowest BCUT2D eigenvalue weighted by molar-refractivity contribution is 0.173. The molecule has 0 aliphatic rings. The summed E-state index contributed by atoms with van der Waals surface area (Å²) >= 11 is 0. The summed E-state index contributed by atoms with van der Waals surface area (Å²) in [6, 6.07) is 17.1. The zero-order valence-corrected chi connectivity index (χ0v) is 15.7. The molecule has 1 unspecified atom stereocenters. The monoisotopic (exact) mass is 387 g/mol. The van der Waals surface area contributed by atoms with Gasteiger partial charge in [-0.15, -0.1) is 0 Å². The number of aliphatic hydroxyl groups is 1. The maximum absolute atomic E-state index is 12.1. The quantitative estimate of drug-likeness (QED) is 0.474. The van der Waals surface area contributed by atoms with Crippen LogP contribution in [-0.2, 0) is 6.54 Å². The predicted octanol–water partition coefficient (Wildman–Crippen LogP) is 2.95. The fourth-order valence-electron chi connectivity index (χ4n) is 3.04. The lowest BCUT2D eigenvalue weighted by atomic mass is 10.0. The van der Waals surface area contributed by atoms with Gasteiger partial charge < -0.3 is 15.7 Å². The summed E-state index contributed by atoms with van der Waals surface area (Å²) in [5.41, 5.74) is 1.64. The topological polar surface area (TPSA) is 92.1 Å². The Labute approximate surface area is 168 Å². The van der Waals surface area contributed by atoms with Crippen LogP contribution in [0.3, 0.4) is 0 Å². The number of fused-ring (bicyclic) bond motifs is 1. The molecule has 2 heterocycles. The average molecular weight is 387 g/mol. The van der Waals surface area contributed by atoms with E-state index in [1.807, 2.05) is 60.8 Å². The molecule has 2 aromatic carbocycles. The van der Waals surface area contributed by atoms with Gasteiger partial charge in [0.1, 0.15) is 12.1 Å². The Morgan fingerprint density at radius 3 is 2.69 bits per heavy atom. The van der Waals surface area contributed by atoms with E-state index in [-0.39, 0.29) is 12.6 Å². The number of aromatic nitrogens is 3. The van der Waals surface area contributed by atoms with Gasteiger partial charge in [0.05, 0.1) is 6.10 Å². The van der Waals surface area contributed by atoms with Crippen molar-refractivity contribution in [2.75, 3.05) is 6.54 Å². The predicted molar refractivity (Wildman–Crippen MR) is 111 cm³/mol. The Morgan fingerprint density at radius 1 is 1.07 bits per heavy atom. The molecule has 146 valence electrons. The molecule has 7 nitrogen and oxygen atoms in total. The largest absolute Gasteiger partial charge is 0.387 e. The molecular weight excluding hydrogens is 366 g/mol. The first-order valence-electron chi connectivity index (χ1n) is 9.31. The van der Waals surface area contributed by atoms with Gasteiger partial charge in [0.15, 0.2) is 0 Å². The standard InChI is InChI=1S/C22H21N5O2/c28-20(19-7-6-17-3-1-2-4-18(17)11-19)14-26-22(29)25-13-16-5-8-21(24-12-16)27-10-9-23-15-27/h1-12,15,20,28H,13-14H2,(H2,25,26,29). The third-order valence-electron chi connectivity index (χ3n) is 4.65. The average Bonchev–Trinajstić information content (AvgIpc) is 3.31. The third kappa shape index (κ3) is 4.59. The number of nitrogens with zero attached hydrogens (tertiary/aromatic N) is 3. The van der Waals surface area contributed by atoms with Crippen molar-refractivity contribution in [3.8, 4) is 5.82 Å². The van der Waals surface area contributed by atoms with Gasteiger partial charge in [-0.2, -0.15) is 0 Å². The van der Waals surface area contributed by atoms with Gasteiger partial charge in [-0.25, -0.2) is 14.8 Å². The zero-order valence-electron chi connectivity index (χ0n) is 15.7. The van der Waals surface area contributed by atoms with Crippen molar-refractivity contribution in [2.24, 2.45) is 0 Å². The molecule has 2 aromatic heterocycles. The summed E-state index contributed by atoms with van der Waals surface area (Å²) in [7, 11) is 0. The minimum atomic E-state index is -0.776. The summed E-state index contributed by atoms with van der Waals surface area (Å²) in [6.45, 7) is 0.469. The second kappa shape index (κ2) is 8.53. The van der Waals surface area contributed by atoms with Crippen molar-refractivity contribution in [3.63, 3.8) is 0 Å². The molecule has 0 aliphatic carbocycles. The van der Waals surface area contributed by atoms with Crippen LogP contribution in [0.5, 0.6) is 0 Å². The molecule has 29 heavy (non-hydrogen) atoms. The Balaban J connectivity index is 1.27. The van der Waals surface area contributed by atoms with Gasteiger partial charge in [-0.3, -0.25) is 4.57 Å². The molecule has 0 spiro atoms. The van der Waals surface area contributed by atoms with Gasteiger partial charge in [0.25, 0.3) is 0 Å². The Bertz CT molecular complexity index is 1090. The first-order valence-corrected chi connectivity index (χ1v) is 9.31. The second-order valence-corrected chi connectivity index (χ2v) is 6.68. The Kier molecular flexibility index (Phi) is 5.49. The molecule has 0 bridgehead atoms.